The van der Waals surface area contributed by atoms with Crippen LogP contribution in [-0.4, -0.2) is 22.0 Å². The van der Waals surface area contributed by atoms with Crippen LogP contribution < -0.4 is 5.73 Å². The van der Waals surface area contributed by atoms with Gasteiger partial charge in [-0.1, -0.05) is 18.2 Å². The summed E-state index contributed by atoms with van der Waals surface area (Å²) in [6.45, 7) is 0.508. The first-order chi connectivity index (χ1) is 7.83. The van der Waals surface area contributed by atoms with Crippen molar-refractivity contribution in [1.82, 2.24) is 9.55 Å². The molecule has 0 saturated carbocycles. The maximum Gasteiger partial charge on any atom is 0.263 e. The van der Waals surface area contributed by atoms with Gasteiger partial charge in [-0.05, 0) is 18.7 Å². The molecule has 0 unspecified atom stereocenters. The molecule has 0 saturated heterocycles. The Hall–Kier alpha value is -1.94. The normalized spacial score (nSPS) is 10.3. The first-order valence-electron chi connectivity index (χ1n) is 5.14. The van der Waals surface area contributed by atoms with Crippen LogP contribution >= 0.6 is 0 Å². The average Bonchev–Trinajstić information content (AvgIpc) is 2.78. The summed E-state index contributed by atoms with van der Waals surface area (Å²) in [6, 6.07) is 9.13. The van der Waals surface area contributed by atoms with Crippen molar-refractivity contribution in [2.24, 2.45) is 5.73 Å². The second kappa shape index (κ2) is 4.72. The van der Waals surface area contributed by atoms with Crippen LogP contribution in [0.4, 0.5) is 0 Å². The molecule has 4 nitrogen and oxygen atoms in total. The van der Waals surface area contributed by atoms with E-state index >= 15 is 0 Å². The van der Waals surface area contributed by atoms with Crippen molar-refractivity contribution in [1.29, 1.82) is 0 Å². The van der Waals surface area contributed by atoms with Crippen molar-refractivity contribution in [3.8, 4) is 0 Å². The van der Waals surface area contributed by atoms with Crippen LogP contribution in [0.5, 0.6) is 0 Å². The zero-order chi connectivity index (χ0) is 11.4. The van der Waals surface area contributed by atoms with E-state index in [-0.39, 0.29) is 5.91 Å². The third kappa shape index (κ3) is 2.01. The third-order valence-corrected chi connectivity index (χ3v) is 2.36. The van der Waals surface area contributed by atoms with E-state index in [1.165, 1.54) is 6.33 Å². The summed E-state index contributed by atoms with van der Waals surface area (Å²) in [4.78, 5) is 16.1. The largest absolute Gasteiger partial charge is 0.330 e. The van der Waals surface area contributed by atoms with Gasteiger partial charge in [-0.25, -0.2) is 4.98 Å². The van der Waals surface area contributed by atoms with E-state index in [4.69, 9.17) is 5.73 Å². The Labute approximate surface area is 93.7 Å². The molecule has 0 spiro atoms. The fourth-order valence-electron chi connectivity index (χ4n) is 1.56. The standard InChI is InChI=1S/C12H13N3O/c13-7-6-11-8-14-9-15(11)12(16)10-4-2-1-3-5-10/h1-5,8-9H,6-7,13H2. The third-order valence-electron chi connectivity index (χ3n) is 2.36. The molecular formula is C12H13N3O. The van der Waals surface area contributed by atoms with Gasteiger partial charge >= 0.3 is 0 Å². The van der Waals surface area contributed by atoms with Crippen LogP contribution in [-0.2, 0) is 6.42 Å². The molecule has 2 N–H and O–H groups in total. The number of benzene rings is 1. The van der Waals surface area contributed by atoms with Gasteiger partial charge < -0.3 is 5.73 Å². The average molecular weight is 215 g/mol. The molecule has 0 atom stereocenters. The van der Waals surface area contributed by atoms with Gasteiger partial charge in [0, 0.05) is 23.9 Å². The Bertz CT molecular complexity index is 476. The highest BCUT2D eigenvalue weighted by Crippen LogP contribution is 2.06. The molecule has 2 rings (SSSR count). The Morgan fingerprint density at radius 2 is 2.06 bits per heavy atom. The number of carbonyl (C=O) groups is 1. The highest BCUT2D eigenvalue weighted by Gasteiger charge is 2.11. The monoisotopic (exact) mass is 215 g/mol. The number of aromatic nitrogens is 2. The fraction of sp³-hybridized carbons (Fsp3) is 0.167. The van der Waals surface area contributed by atoms with Crippen molar-refractivity contribution < 1.29 is 4.79 Å². The number of carbonyl (C=O) groups excluding carboxylic acids is 1. The molecule has 0 bridgehead atoms. The van der Waals surface area contributed by atoms with Gasteiger partial charge in [0.25, 0.3) is 5.91 Å². The summed E-state index contributed by atoms with van der Waals surface area (Å²) in [5, 5.41) is 0. The Kier molecular flexibility index (Phi) is 3.12. The van der Waals surface area contributed by atoms with Crippen LogP contribution in [0.15, 0.2) is 42.9 Å². The molecule has 0 fully saturated rings. The van der Waals surface area contributed by atoms with E-state index in [0.29, 0.717) is 18.5 Å². The highest BCUT2D eigenvalue weighted by atomic mass is 16.2. The Morgan fingerprint density at radius 1 is 1.31 bits per heavy atom. The molecule has 4 heteroatoms. The van der Waals surface area contributed by atoms with E-state index < -0.39 is 0 Å². The Balaban J connectivity index is 2.31. The Morgan fingerprint density at radius 3 is 2.75 bits per heavy atom. The second-order valence-corrected chi connectivity index (χ2v) is 3.46. The zero-order valence-corrected chi connectivity index (χ0v) is 8.84. The van der Waals surface area contributed by atoms with E-state index in [1.54, 1.807) is 22.9 Å². The van der Waals surface area contributed by atoms with E-state index in [9.17, 15) is 4.79 Å². The minimum absolute atomic E-state index is 0.0680. The predicted molar refractivity (Wildman–Crippen MR) is 61.2 cm³/mol. The molecule has 0 radical (unpaired) electrons. The quantitative estimate of drug-likeness (QED) is 0.833. The predicted octanol–water partition coefficient (Wildman–Crippen LogP) is 1.07. The summed E-state index contributed by atoms with van der Waals surface area (Å²) in [5.41, 5.74) is 6.97. The van der Waals surface area contributed by atoms with Crippen LogP contribution in [0.1, 0.15) is 16.1 Å². The van der Waals surface area contributed by atoms with Gasteiger partial charge in [0.2, 0.25) is 0 Å². The van der Waals surface area contributed by atoms with Crippen molar-refractivity contribution in [2.45, 2.75) is 6.42 Å². The molecule has 1 aromatic carbocycles. The molecule has 0 aliphatic carbocycles. The lowest BCUT2D eigenvalue weighted by molar-refractivity contribution is 0.0957. The maximum absolute atomic E-state index is 12.1. The van der Waals surface area contributed by atoms with Crippen LogP contribution in [0.2, 0.25) is 0 Å². The molecule has 0 aliphatic rings. The number of hydrogen-bond donors (Lipinski definition) is 1. The fourth-order valence-corrected chi connectivity index (χ4v) is 1.56. The lowest BCUT2D eigenvalue weighted by atomic mass is 10.2. The second-order valence-electron chi connectivity index (χ2n) is 3.46. The molecule has 1 heterocycles. The van der Waals surface area contributed by atoms with E-state index in [2.05, 4.69) is 4.98 Å². The smallest absolute Gasteiger partial charge is 0.263 e. The molecule has 82 valence electrons. The van der Waals surface area contributed by atoms with Crippen molar-refractivity contribution in [2.75, 3.05) is 6.54 Å². The van der Waals surface area contributed by atoms with Gasteiger partial charge in [0.05, 0.1) is 0 Å². The molecular weight excluding hydrogens is 202 g/mol. The number of imidazole rings is 1. The summed E-state index contributed by atoms with van der Waals surface area (Å²) < 4.78 is 1.54. The number of nitrogens with zero attached hydrogens (tertiary/aromatic N) is 2. The minimum atomic E-state index is -0.0680. The number of nitrogens with two attached hydrogens (primary N) is 1. The van der Waals surface area contributed by atoms with E-state index in [1.807, 2.05) is 18.2 Å². The van der Waals surface area contributed by atoms with Crippen molar-refractivity contribution in [3.05, 3.63) is 54.1 Å². The van der Waals surface area contributed by atoms with E-state index in [0.717, 1.165) is 5.69 Å². The number of hydrogen-bond acceptors (Lipinski definition) is 3. The molecule has 2 aromatic rings. The van der Waals surface area contributed by atoms with Gasteiger partial charge in [-0.15, -0.1) is 0 Å². The molecule has 16 heavy (non-hydrogen) atoms. The maximum atomic E-state index is 12.1. The first kappa shape index (κ1) is 10.6. The summed E-state index contributed by atoms with van der Waals surface area (Å²) in [7, 11) is 0. The lowest BCUT2D eigenvalue weighted by Gasteiger charge is -2.05. The summed E-state index contributed by atoms with van der Waals surface area (Å²) >= 11 is 0. The van der Waals surface area contributed by atoms with Crippen molar-refractivity contribution in [3.63, 3.8) is 0 Å². The molecule has 1 aromatic heterocycles. The van der Waals surface area contributed by atoms with Gasteiger partial charge in [0.15, 0.2) is 0 Å². The number of rotatable bonds is 3. The van der Waals surface area contributed by atoms with Crippen molar-refractivity contribution >= 4 is 5.91 Å². The minimum Gasteiger partial charge on any atom is -0.330 e. The lowest BCUT2D eigenvalue weighted by Crippen LogP contribution is -2.16. The SMILES string of the molecule is NCCc1cncn1C(=O)c1ccccc1. The van der Waals surface area contributed by atoms with Crippen LogP contribution in [0.3, 0.4) is 0 Å². The molecule has 0 amide bonds. The molecule has 0 aliphatic heterocycles. The van der Waals surface area contributed by atoms with Gasteiger partial charge in [-0.2, -0.15) is 0 Å². The highest BCUT2D eigenvalue weighted by molar-refractivity contribution is 5.96. The zero-order valence-electron chi connectivity index (χ0n) is 8.84. The first-order valence-corrected chi connectivity index (χ1v) is 5.14. The van der Waals surface area contributed by atoms with Gasteiger partial charge in [-0.3, -0.25) is 9.36 Å². The van der Waals surface area contributed by atoms with Gasteiger partial charge in [0.1, 0.15) is 6.33 Å². The summed E-state index contributed by atoms with van der Waals surface area (Å²) in [6.07, 6.45) is 3.85. The van der Waals surface area contributed by atoms with Crippen LogP contribution in [0.25, 0.3) is 0 Å². The van der Waals surface area contributed by atoms with Crippen LogP contribution in [0, 0.1) is 0 Å². The summed E-state index contributed by atoms with van der Waals surface area (Å²) in [5.74, 6) is -0.0680. The topological polar surface area (TPSA) is 60.9 Å².